The Morgan fingerprint density at radius 2 is 0.885 bits per heavy atom. The maximum Gasteiger partial charge on any atom is 0.119 e. The first-order valence-corrected chi connectivity index (χ1v) is 9.11. The van der Waals surface area contributed by atoms with Gasteiger partial charge in [-0.2, -0.15) is 0 Å². The average molecular weight is 365 g/mol. The van der Waals surface area contributed by atoms with Gasteiger partial charge in [-0.3, -0.25) is 0 Å². The Labute approximate surface area is 161 Å². The van der Waals surface area contributed by atoms with E-state index in [1.54, 1.807) is 0 Å². The largest absolute Gasteiger partial charge is 0.378 e. The average Bonchev–Trinajstić information content (AvgIpc) is 2.68. The van der Waals surface area contributed by atoms with Crippen molar-refractivity contribution in [2.75, 3.05) is 38.0 Å². The first kappa shape index (κ1) is 18.3. The highest BCUT2D eigenvalue weighted by atomic mass is 35.5. The fourth-order valence-corrected chi connectivity index (χ4v) is 3.52. The van der Waals surface area contributed by atoms with Crippen molar-refractivity contribution in [2.24, 2.45) is 0 Å². The van der Waals surface area contributed by atoms with Crippen LogP contribution in [0.3, 0.4) is 0 Å². The van der Waals surface area contributed by atoms with Gasteiger partial charge in [0.25, 0.3) is 0 Å². The van der Waals surface area contributed by atoms with E-state index in [0.717, 1.165) is 28.1 Å². The number of nitrogens with zero attached hydrogens (tertiary/aromatic N) is 2. The topological polar surface area (TPSA) is 6.48 Å². The van der Waals surface area contributed by atoms with Gasteiger partial charge in [-0.15, -0.1) is 11.6 Å². The number of halogens is 1. The molecule has 3 rings (SSSR count). The maximum atomic E-state index is 7.35. The van der Waals surface area contributed by atoms with E-state index in [1.165, 1.54) is 0 Å². The van der Waals surface area contributed by atoms with Gasteiger partial charge in [0.2, 0.25) is 0 Å². The monoisotopic (exact) mass is 364 g/mol. The van der Waals surface area contributed by atoms with Crippen molar-refractivity contribution in [2.45, 2.75) is 4.87 Å². The van der Waals surface area contributed by atoms with Crippen molar-refractivity contribution in [1.82, 2.24) is 0 Å². The Hall–Kier alpha value is -2.45. The predicted octanol–water partition coefficient (Wildman–Crippen LogP) is 5.35. The molecule has 3 aromatic carbocycles. The second-order valence-corrected chi connectivity index (χ2v) is 7.47. The SMILES string of the molecule is CN(C)c1ccc(C(Cl)(c2ccccc2)c2ccc(N(C)C)cc2)cc1. The highest BCUT2D eigenvalue weighted by Crippen LogP contribution is 2.43. The molecule has 0 aliphatic carbocycles. The summed E-state index contributed by atoms with van der Waals surface area (Å²) in [6.07, 6.45) is 0. The van der Waals surface area contributed by atoms with Crippen LogP contribution in [0.2, 0.25) is 0 Å². The molecule has 0 saturated carbocycles. The molecule has 0 fully saturated rings. The van der Waals surface area contributed by atoms with Crippen LogP contribution in [0, 0.1) is 0 Å². The molecular formula is C23H25ClN2. The van der Waals surface area contributed by atoms with E-state index in [2.05, 4.69) is 70.5 Å². The summed E-state index contributed by atoms with van der Waals surface area (Å²) in [5, 5.41) is 0. The van der Waals surface area contributed by atoms with Gasteiger partial charge >= 0.3 is 0 Å². The Morgan fingerprint density at radius 3 is 1.23 bits per heavy atom. The molecule has 134 valence electrons. The van der Waals surface area contributed by atoms with E-state index < -0.39 is 4.87 Å². The normalized spacial score (nSPS) is 11.3. The van der Waals surface area contributed by atoms with E-state index in [-0.39, 0.29) is 0 Å². The van der Waals surface area contributed by atoms with Gasteiger partial charge in [0.05, 0.1) is 0 Å². The van der Waals surface area contributed by atoms with Crippen LogP contribution >= 0.6 is 11.6 Å². The summed E-state index contributed by atoms with van der Waals surface area (Å²) in [6, 6.07) is 27.2. The molecule has 0 aromatic heterocycles. The molecular weight excluding hydrogens is 340 g/mol. The highest BCUT2D eigenvalue weighted by molar-refractivity contribution is 6.28. The highest BCUT2D eigenvalue weighted by Gasteiger charge is 2.34. The second kappa shape index (κ2) is 7.43. The number of anilines is 2. The molecule has 3 heteroatoms. The molecule has 0 heterocycles. The van der Waals surface area contributed by atoms with Crippen LogP contribution in [-0.4, -0.2) is 28.2 Å². The predicted molar refractivity (Wildman–Crippen MR) is 114 cm³/mol. The van der Waals surface area contributed by atoms with E-state index >= 15 is 0 Å². The Kier molecular flexibility index (Phi) is 5.24. The van der Waals surface area contributed by atoms with Gasteiger partial charge in [-0.1, -0.05) is 54.6 Å². The third kappa shape index (κ3) is 3.42. The first-order chi connectivity index (χ1) is 12.4. The molecule has 0 bridgehead atoms. The zero-order valence-electron chi connectivity index (χ0n) is 15.8. The summed E-state index contributed by atoms with van der Waals surface area (Å²) in [7, 11) is 8.17. The van der Waals surface area contributed by atoms with Gasteiger partial charge in [0, 0.05) is 39.6 Å². The van der Waals surface area contributed by atoms with Gasteiger partial charge in [0.1, 0.15) is 4.87 Å². The Morgan fingerprint density at radius 1 is 0.538 bits per heavy atom. The number of rotatable bonds is 5. The minimum absolute atomic E-state index is 0.725. The maximum absolute atomic E-state index is 7.35. The van der Waals surface area contributed by atoms with Crippen LogP contribution in [0.15, 0.2) is 78.9 Å². The van der Waals surface area contributed by atoms with Gasteiger partial charge < -0.3 is 9.80 Å². The van der Waals surface area contributed by atoms with Crippen LogP contribution in [-0.2, 0) is 4.87 Å². The molecule has 3 aromatic rings. The molecule has 0 spiro atoms. The molecule has 0 saturated heterocycles. The van der Waals surface area contributed by atoms with E-state index in [4.69, 9.17) is 11.6 Å². The third-order valence-electron chi connectivity index (χ3n) is 4.73. The summed E-state index contributed by atoms with van der Waals surface area (Å²) in [4.78, 5) is 3.46. The molecule has 26 heavy (non-hydrogen) atoms. The summed E-state index contributed by atoms with van der Waals surface area (Å²) in [5.74, 6) is 0. The fourth-order valence-electron chi connectivity index (χ4n) is 3.15. The lowest BCUT2D eigenvalue weighted by Crippen LogP contribution is -2.22. The summed E-state index contributed by atoms with van der Waals surface area (Å²) >= 11 is 7.35. The summed E-state index contributed by atoms with van der Waals surface area (Å²) < 4.78 is 0. The molecule has 2 nitrogen and oxygen atoms in total. The van der Waals surface area contributed by atoms with Crippen molar-refractivity contribution in [3.63, 3.8) is 0 Å². The lowest BCUT2D eigenvalue weighted by molar-refractivity contribution is 0.878. The zero-order valence-corrected chi connectivity index (χ0v) is 16.5. The van der Waals surface area contributed by atoms with Crippen LogP contribution < -0.4 is 9.80 Å². The van der Waals surface area contributed by atoms with Crippen LogP contribution in [0.25, 0.3) is 0 Å². The number of benzene rings is 3. The minimum atomic E-state index is -0.725. The molecule has 0 radical (unpaired) electrons. The number of hydrogen-bond donors (Lipinski definition) is 0. The van der Waals surface area contributed by atoms with Crippen molar-refractivity contribution in [3.8, 4) is 0 Å². The standard InChI is InChI=1S/C23H25ClN2/c1-25(2)21-14-10-19(11-15-21)23(24,18-8-6-5-7-9-18)20-12-16-22(17-13-20)26(3)4/h5-17H,1-4H3. The van der Waals surface area contributed by atoms with Crippen molar-refractivity contribution in [3.05, 3.63) is 95.6 Å². The van der Waals surface area contributed by atoms with E-state index in [9.17, 15) is 0 Å². The lowest BCUT2D eigenvalue weighted by Gasteiger charge is -2.30. The second-order valence-electron chi connectivity index (χ2n) is 6.91. The van der Waals surface area contributed by atoms with E-state index in [1.807, 2.05) is 46.4 Å². The molecule has 0 unspecified atom stereocenters. The van der Waals surface area contributed by atoms with Crippen molar-refractivity contribution >= 4 is 23.0 Å². The van der Waals surface area contributed by atoms with Crippen LogP contribution in [0.1, 0.15) is 16.7 Å². The number of hydrogen-bond acceptors (Lipinski definition) is 2. The summed E-state index contributed by atoms with van der Waals surface area (Å²) in [6.45, 7) is 0. The zero-order chi connectivity index (χ0) is 18.7. The first-order valence-electron chi connectivity index (χ1n) is 8.73. The van der Waals surface area contributed by atoms with Crippen molar-refractivity contribution < 1.29 is 0 Å². The van der Waals surface area contributed by atoms with E-state index in [0.29, 0.717) is 0 Å². The Bertz CT molecular complexity index is 786. The minimum Gasteiger partial charge on any atom is -0.378 e. The van der Waals surface area contributed by atoms with Gasteiger partial charge in [0.15, 0.2) is 0 Å². The molecule has 0 aliphatic rings. The van der Waals surface area contributed by atoms with Gasteiger partial charge in [-0.05, 0) is 41.0 Å². The molecule has 0 N–H and O–H groups in total. The summed E-state index contributed by atoms with van der Waals surface area (Å²) in [5.41, 5.74) is 5.51. The fraction of sp³-hybridized carbons (Fsp3) is 0.217. The molecule has 0 amide bonds. The molecule has 0 atom stereocenters. The van der Waals surface area contributed by atoms with Gasteiger partial charge in [-0.25, -0.2) is 0 Å². The smallest absolute Gasteiger partial charge is 0.119 e. The quantitative estimate of drug-likeness (QED) is 0.445. The van der Waals surface area contributed by atoms with Crippen LogP contribution in [0.4, 0.5) is 11.4 Å². The Balaban J connectivity index is 2.14. The van der Waals surface area contributed by atoms with Crippen LogP contribution in [0.5, 0.6) is 0 Å². The lowest BCUT2D eigenvalue weighted by atomic mass is 9.84. The number of alkyl halides is 1. The van der Waals surface area contributed by atoms with Crippen molar-refractivity contribution in [1.29, 1.82) is 0 Å². The third-order valence-corrected chi connectivity index (χ3v) is 5.39. The molecule has 0 aliphatic heterocycles.